The highest BCUT2D eigenvalue weighted by Crippen LogP contribution is 2.09. The highest BCUT2D eigenvalue weighted by molar-refractivity contribution is 14.0. The summed E-state index contributed by atoms with van der Waals surface area (Å²) < 4.78 is 0. The lowest BCUT2D eigenvalue weighted by atomic mass is 10.1. The Hall–Kier alpha value is -1.10. The topological polar surface area (TPSA) is 89.1 Å². The molecule has 1 heterocycles. The zero-order valence-corrected chi connectivity index (χ0v) is 19.5. The van der Waals surface area contributed by atoms with E-state index in [0.29, 0.717) is 18.5 Å². The van der Waals surface area contributed by atoms with Crippen LogP contribution in [-0.4, -0.2) is 87.0 Å². The van der Waals surface area contributed by atoms with Gasteiger partial charge >= 0.3 is 0 Å². The van der Waals surface area contributed by atoms with Gasteiger partial charge in [0.05, 0.1) is 6.54 Å². The number of halogens is 1. The fraction of sp³-hybridized carbons (Fsp3) is 0.833. The molecule has 9 heteroatoms. The van der Waals surface area contributed by atoms with Crippen LogP contribution >= 0.6 is 24.0 Å². The summed E-state index contributed by atoms with van der Waals surface area (Å²) >= 11 is 0. The monoisotopic (exact) mass is 496 g/mol. The van der Waals surface area contributed by atoms with E-state index in [-0.39, 0.29) is 42.3 Å². The lowest BCUT2D eigenvalue weighted by Gasteiger charge is -2.32. The Morgan fingerprint density at radius 3 is 2.22 bits per heavy atom. The summed E-state index contributed by atoms with van der Waals surface area (Å²) in [6, 6.07) is 0.308. The Morgan fingerprint density at radius 2 is 1.67 bits per heavy atom. The summed E-state index contributed by atoms with van der Waals surface area (Å²) in [6.07, 6.45) is 3.86. The summed E-state index contributed by atoms with van der Waals surface area (Å²) in [7, 11) is 3.47. The fourth-order valence-corrected chi connectivity index (χ4v) is 2.64. The molecule has 0 radical (unpaired) electrons. The normalized spacial score (nSPS) is 15.6. The van der Waals surface area contributed by atoms with Crippen molar-refractivity contribution in [3.8, 4) is 0 Å². The molecule has 27 heavy (non-hydrogen) atoms. The van der Waals surface area contributed by atoms with E-state index in [2.05, 4.69) is 39.7 Å². The Balaban J connectivity index is 0.00000676. The molecule has 0 spiro atoms. The second-order valence-electron chi connectivity index (χ2n) is 6.92. The third-order valence-electron chi connectivity index (χ3n) is 4.28. The first-order valence-corrected chi connectivity index (χ1v) is 9.70. The lowest BCUT2D eigenvalue weighted by molar-refractivity contribution is -0.127. The number of likely N-dealkylation sites (N-methyl/N-ethyl adjacent to an activating group) is 1. The molecule has 1 saturated heterocycles. The molecule has 0 saturated carbocycles. The maximum absolute atomic E-state index is 11.8. The number of aliphatic imine (C=N–C) groups is 1. The van der Waals surface area contributed by atoms with Crippen molar-refractivity contribution in [2.45, 2.75) is 45.6 Å². The molecule has 0 unspecified atom stereocenters. The predicted molar refractivity (Wildman–Crippen MR) is 121 cm³/mol. The number of hydrogen-bond donors (Lipinski definition) is 3. The van der Waals surface area contributed by atoms with E-state index in [1.165, 1.54) is 0 Å². The molecule has 0 bridgehead atoms. The van der Waals surface area contributed by atoms with Gasteiger partial charge in [-0.1, -0.05) is 13.8 Å². The minimum Gasteiger partial charge on any atom is -0.356 e. The van der Waals surface area contributed by atoms with Gasteiger partial charge in [-0.3, -0.25) is 14.5 Å². The molecule has 3 N–H and O–H groups in total. The molecule has 0 aromatic carbocycles. The van der Waals surface area contributed by atoms with Crippen LogP contribution in [0.25, 0.3) is 0 Å². The second-order valence-corrected chi connectivity index (χ2v) is 6.92. The van der Waals surface area contributed by atoms with Crippen LogP contribution in [-0.2, 0) is 9.59 Å². The summed E-state index contributed by atoms with van der Waals surface area (Å²) in [5.74, 6) is 0.781. The van der Waals surface area contributed by atoms with Gasteiger partial charge in [0.2, 0.25) is 11.8 Å². The molecule has 1 aliphatic heterocycles. The molecule has 0 aromatic rings. The second kappa shape index (κ2) is 14.9. The van der Waals surface area contributed by atoms with Crippen molar-refractivity contribution >= 4 is 41.8 Å². The number of rotatable bonds is 9. The van der Waals surface area contributed by atoms with Gasteiger partial charge in [-0.05, 0) is 25.7 Å². The molecule has 0 aromatic heterocycles. The number of nitrogens with zero attached hydrogens (tertiary/aromatic N) is 3. The van der Waals surface area contributed by atoms with E-state index < -0.39 is 0 Å². The lowest BCUT2D eigenvalue weighted by Crippen LogP contribution is -2.50. The van der Waals surface area contributed by atoms with Crippen LogP contribution in [0.1, 0.15) is 39.5 Å². The van der Waals surface area contributed by atoms with Gasteiger partial charge in [-0.2, -0.15) is 0 Å². The molecule has 1 rings (SSSR count). The highest BCUT2D eigenvalue weighted by Gasteiger charge is 2.21. The molecular formula is C18H37IN6O2. The zero-order chi connectivity index (χ0) is 19.4. The minimum atomic E-state index is -0.0180. The van der Waals surface area contributed by atoms with Gasteiger partial charge < -0.3 is 20.9 Å². The Morgan fingerprint density at radius 1 is 1.07 bits per heavy atom. The van der Waals surface area contributed by atoms with E-state index in [0.717, 1.165) is 51.9 Å². The third kappa shape index (κ3) is 11.4. The van der Waals surface area contributed by atoms with Crippen molar-refractivity contribution in [3.63, 3.8) is 0 Å². The molecule has 8 nitrogen and oxygen atoms in total. The predicted octanol–water partition coefficient (Wildman–Crippen LogP) is 0.628. The summed E-state index contributed by atoms with van der Waals surface area (Å²) in [5.41, 5.74) is 0. The standard InChI is InChI=1S/C18H36N6O2.HI/c1-5-9-19-16(25)14-24-11-7-15(8-12-24)22-18(20-10-6-2)21-13-17(26)23(3)4;/h15H,5-14H2,1-4H3,(H,19,25)(H2,20,21,22);1H. The van der Waals surface area contributed by atoms with Crippen molar-refractivity contribution in [3.05, 3.63) is 0 Å². The quantitative estimate of drug-likeness (QED) is 0.248. The largest absolute Gasteiger partial charge is 0.356 e. The number of nitrogens with one attached hydrogen (secondary N) is 3. The van der Waals surface area contributed by atoms with E-state index in [4.69, 9.17) is 0 Å². The number of carbonyl (C=O) groups excluding carboxylic acids is 2. The fourth-order valence-electron chi connectivity index (χ4n) is 2.64. The summed E-state index contributed by atoms with van der Waals surface area (Å²) in [6.45, 7) is 8.09. The van der Waals surface area contributed by atoms with E-state index in [1.54, 1.807) is 19.0 Å². The maximum atomic E-state index is 11.8. The van der Waals surface area contributed by atoms with Gasteiger partial charge in [-0.15, -0.1) is 24.0 Å². The van der Waals surface area contributed by atoms with Gasteiger partial charge in [0.1, 0.15) is 6.54 Å². The van der Waals surface area contributed by atoms with Gasteiger partial charge in [0, 0.05) is 46.3 Å². The molecule has 1 aliphatic rings. The van der Waals surface area contributed by atoms with Crippen molar-refractivity contribution in [2.75, 3.05) is 53.4 Å². The Kier molecular flexibility index (Phi) is 14.3. The van der Waals surface area contributed by atoms with E-state index in [9.17, 15) is 9.59 Å². The number of likely N-dealkylation sites (tertiary alicyclic amines) is 1. The van der Waals surface area contributed by atoms with Crippen LogP contribution in [0.3, 0.4) is 0 Å². The summed E-state index contributed by atoms with van der Waals surface area (Å²) in [4.78, 5) is 31.7. The van der Waals surface area contributed by atoms with E-state index in [1.807, 2.05) is 0 Å². The minimum absolute atomic E-state index is 0. The molecule has 0 atom stereocenters. The average Bonchev–Trinajstić information content (AvgIpc) is 2.63. The first-order chi connectivity index (χ1) is 12.5. The maximum Gasteiger partial charge on any atom is 0.243 e. The SMILES string of the molecule is CCCNC(=O)CN1CCC(NC(=NCC(=O)N(C)C)NCCC)CC1.I. The number of amides is 2. The smallest absolute Gasteiger partial charge is 0.243 e. The van der Waals surface area contributed by atoms with Crippen LogP contribution in [0, 0.1) is 0 Å². The van der Waals surface area contributed by atoms with Gasteiger partial charge in [0.15, 0.2) is 5.96 Å². The Labute approximate surface area is 180 Å². The van der Waals surface area contributed by atoms with Crippen molar-refractivity contribution in [2.24, 2.45) is 4.99 Å². The summed E-state index contributed by atoms with van der Waals surface area (Å²) in [5, 5.41) is 9.62. The molecule has 2 amide bonds. The number of hydrogen-bond acceptors (Lipinski definition) is 4. The van der Waals surface area contributed by atoms with Crippen LogP contribution in [0.15, 0.2) is 4.99 Å². The molecule has 1 fully saturated rings. The van der Waals surface area contributed by atoms with E-state index >= 15 is 0 Å². The number of carbonyl (C=O) groups is 2. The molecular weight excluding hydrogens is 459 g/mol. The van der Waals surface area contributed by atoms with Crippen LogP contribution < -0.4 is 16.0 Å². The third-order valence-corrected chi connectivity index (χ3v) is 4.28. The zero-order valence-electron chi connectivity index (χ0n) is 17.2. The van der Waals surface area contributed by atoms with Crippen molar-refractivity contribution < 1.29 is 9.59 Å². The first kappa shape index (κ1) is 25.9. The van der Waals surface area contributed by atoms with Crippen LogP contribution in [0.5, 0.6) is 0 Å². The number of piperidine rings is 1. The molecule has 158 valence electrons. The van der Waals surface area contributed by atoms with Crippen molar-refractivity contribution in [1.29, 1.82) is 0 Å². The van der Waals surface area contributed by atoms with Gasteiger partial charge in [0.25, 0.3) is 0 Å². The average molecular weight is 496 g/mol. The highest BCUT2D eigenvalue weighted by atomic mass is 127. The number of guanidine groups is 1. The van der Waals surface area contributed by atoms with Crippen LogP contribution in [0.4, 0.5) is 0 Å². The van der Waals surface area contributed by atoms with Crippen LogP contribution in [0.2, 0.25) is 0 Å². The van der Waals surface area contributed by atoms with Gasteiger partial charge in [-0.25, -0.2) is 4.99 Å². The van der Waals surface area contributed by atoms with Crippen molar-refractivity contribution in [1.82, 2.24) is 25.8 Å². The first-order valence-electron chi connectivity index (χ1n) is 9.70. The Bertz CT molecular complexity index is 465. The molecule has 0 aliphatic carbocycles.